The minimum absolute atomic E-state index is 0.0602. The lowest BCUT2D eigenvalue weighted by Crippen LogP contribution is -2.40. The van der Waals surface area contributed by atoms with Crippen molar-refractivity contribution in [1.29, 1.82) is 0 Å². The van der Waals surface area contributed by atoms with Gasteiger partial charge in [0, 0.05) is 27.2 Å². The van der Waals surface area contributed by atoms with E-state index in [0.29, 0.717) is 22.8 Å². The molecule has 2 aromatic rings. The van der Waals surface area contributed by atoms with E-state index in [1.807, 2.05) is 33.8 Å². The van der Waals surface area contributed by atoms with Crippen molar-refractivity contribution in [3.05, 3.63) is 58.9 Å². The average molecular weight is 473 g/mol. The Kier molecular flexibility index (Phi) is 7.95. The van der Waals surface area contributed by atoms with Gasteiger partial charge in [0.15, 0.2) is 17.3 Å². The number of rotatable bonds is 11. The van der Waals surface area contributed by atoms with Gasteiger partial charge in [-0.15, -0.1) is 11.8 Å². The molecule has 1 atom stereocenters. The number of ketones is 1. The van der Waals surface area contributed by atoms with E-state index in [9.17, 15) is 14.3 Å². The van der Waals surface area contributed by atoms with Crippen molar-refractivity contribution in [2.75, 3.05) is 12.9 Å². The molecule has 180 valence electrons. The zero-order chi connectivity index (χ0) is 24.4. The Bertz CT molecular complexity index is 989. The van der Waals surface area contributed by atoms with E-state index >= 15 is 0 Å². The van der Waals surface area contributed by atoms with Crippen molar-refractivity contribution < 1.29 is 19.0 Å². The first-order valence-electron chi connectivity index (χ1n) is 11.8. The monoisotopic (exact) mass is 472 g/mol. The lowest BCUT2D eigenvalue weighted by atomic mass is 9.79. The molecule has 0 saturated heterocycles. The normalized spacial score (nSPS) is 15.4. The van der Waals surface area contributed by atoms with Crippen LogP contribution < -0.4 is 4.74 Å². The fourth-order valence-electron chi connectivity index (χ4n) is 3.91. The molecule has 0 heterocycles. The molecule has 0 amide bonds. The third-order valence-electron chi connectivity index (χ3n) is 7.26. The molecule has 1 N–H and O–H groups in total. The van der Waals surface area contributed by atoms with Gasteiger partial charge in [0.25, 0.3) is 0 Å². The van der Waals surface area contributed by atoms with Gasteiger partial charge < -0.3 is 9.84 Å². The minimum Gasteiger partial charge on any atom is -0.494 e. The molecule has 3 nitrogen and oxygen atoms in total. The lowest BCUT2D eigenvalue weighted by molar-refractivity contribution is -0.0210. The van der Waals surface area contributed by atoms with E-state index in [2.05, 4.69) is 19.1 Å². The summed E-state index contributed by atoms with van der Waals surface area (Å²) >= 11 is 1.60. The molecule has 0 radical (unpaired) electrons. The maximum atomic E-state index is 13.9. The summed E-state index contributed by atoms with van der Waals surface area (Å²) in [5, 5.41) is 10.6. The molecule has 2 aromatic carbocycles. The number of thioether (sulfide) groups is 1. The molecule has 3 rings (SSSR count). The van der Waals surface area contributed by atoms with Gasteiger partial charge in [0.2, 0.25) is 0 Å². The van der Waals surface area contributed by atoms with Crippen molar-refractivity contribution in [2.45, 2.75) is 70.8 Å². The number of benzene rings is 2. The second-order valence-corrected chi connectivity index (χ2v) is 11.5. The number of halogens is 1. The Hall–Kier alpha value is -1.85. The van der Waals surface area contributed by atoms with Gasteiger partial charge in [0.1, 0.15) is 0 Å². The van der Waals surface area contributed by atoms with Crippen molar-refractivity contribution in [2.24, 2.45) is 17.3 Å². The summed E-state index contributed by atoms with van der Waals surface area (Å²) in [4.78, 5) is 14.3. The summed E-state index contributed by atoms with van der Waals surface area (Å²) < 4.78 is 19.0. The Morgan fingerprint density at radius 2 is 1.88 bits per heavy atom. The van der Waals surface area contributed by atoms with E-state index in [1.165, 1.54) is 43.7 Å². The molecule has 0 bridgehead atoms. The Morgan fingerprint density at radius 3 is 2.45 bits per heavy atom. The van der Waals surface area contributed by atoms with Crippen LogP contribution in [0.5, 0.6) is 5.75 Å². The highest BCUT2D eigenvalue weighted by Gasteiger charge is 2.35. The topological polar surface area (TPSA) is 46.5 Å². The van der Waals surface area contributed by atoms with Crippen LogP contribution in [0.2, 0.25) is 0 Å². The third-order valence-corrected chi connectivity index (χ3v) is 8.77. The number of carbonyl (C=O) groups excluding carboxylic acids is 1. The van der Waals surface area contributed by atoms with Gasteiger partial charge in [-0.25, -0.2) is 4.39 Å². The first kappa shape index (κ1) is 25.8. The first-order valence-corrected chi connectivity index (χ1v) is 12.8. The maximum Gasteiger partial charge on any atom is 0.194 e. The highest BCUT2D eigenvalue weighted by atomic mass is 32.2. The molecule has 1 aliphatic rings. The van der Waals surface area contributed by atoms with Gasteiger partial charge in [-0.05, 0) is 80.8 Å². The maximum absolute atomic E-state index is 13.9. The molecule has 0 spiro atoms. The molecule has 0 aromatic heterocycles. The van der Waals surface area contributed by atoms with Gasteiger partial charge in [-0.1, -0.05) is 33.3 Å². The minimum atomic E-state index is -0.856. The molecule has 5 heteroatoms. The zero-order valence-corrected chi connectivity index (χ0v) is 21.5. The summed E-state index contributed by atoms with van der Waals surface area (Å²) in [5.74, 6) is 1.58. The third kappa shape index (κ3) is 6.19. The number of carbonyl (C=O) groups is 1. The van der Waals surface area contributed by atoms with Crippen LogP contribution in [0.15, 0.2) is 41.3 Å². The van der Waals surface area contributed by atoms with Gasteiger partial charge >= 0.3 is 0 Å². The summed E-state index contributed by atoms with van der Waals surface area (Å²) in [5.41, 5.74) is 1.03. The SMILES string of the molecule is CCC(Cc1ccc(C(=O)c2ccc(F)c(OC)c2)c(SCC(C)(C)C(C)(C)O)c1)C1CC1. The summed E-state index contributed by atoms with van der Waals surface area (Å²) in [7, 11) is 1.39. The Morgan fingerprint density at radius 1 is 1.18 bits per heavy atom. The highest BCUT2D eigenvalue weighted by Crippen LogP contribution is 2.41. The first-order chi connectivity index (χ1) is 15.5. The fraction of sp³-hybridized carbons (Fsp3) is 0.536. The van der Waals surface area contributed by atoms with E-state index in [0.717, 1.165) is 23.7 Å². The van der Waals surface area contributed by atoms with Gasteiger partial charge in [-0.3, -0.25) is 4.79 Å². The number of ether oxygens (including phenoxy) is 1. The predicted molar refractivity (Wildman–Crippen MR) is 134 cm³/mol. The summed E-state index contributed by atoms with van der Waals surface area (Å²) in [6.07, 6.45) is 4.82. The van der Waals surface area contributed by atoms with E-state index in [4.69, 9.17) is 4.74 Å². The molecule has 33 heavy (non-hydrogen) atoms. The molecule has 1 saturated carbocycles. The molecule has 1 unspecified atom stereocenters. The van der Waals surface area contributed by atoms with Crippen molar-refractivity contribution >= 4 is 17.5 Å². The van der Waals surface area contributed by atoms with Crippen LogP contribution in [0.1, 0.15) is 75.4 Å². The largest absolute Gasteiger partial charge is 0.494 e. The van der Waals surface area contributed by atoms with Crippen LogP contribution in [0.4, 0.5) is 4.39 Å². The second kappa shape index (κ2) is 10.2. The summed E-state index contributed by atoms with van der Waals surface area (Å²) in [6, 6.07) is 10.3. The van der Waals surface area contributed by atoms with Crippen LogP contribution in [-0.4, -0.2) is 29.4 Å². The Labute approximate surface area is 202 Å². The summed E-state index contributed by atoms with van der Waals surface area (Å²) in [6.45, 7) is 9.97. The predicted octanol–water partition coefficient (Wildman–Crippen LogP) is 6.93. The van der Waals surface area contributed by atoms with Crippen LogP contribution in [0.3, 0.4) is 0 Å². The fourth-order valence-corrected chi connectivity index (χ4v) is 5.33. The number of hydrogen-bond donors (Lipinski definition) is 1. The number of methoxy groups -OCH3 is 1. The smallest absolute Gasteiger partial charge is 0.194 e. The van der Waals surface area contributed by atoms with E-state index in [-0.39, 0.29) is 16.9 Å². The van der Waals surface area contributed by atoms with E-state index in [1.54, 1.807) is 11.8 Å². The van der Waals surface area contributed by atoms with Gasteiger partial charge in [-0.2, -0.15) is 0 Å². The van der Waals surface area contributed by atoms with Crippen LogP contribution in [-0.2, 0) is 6.42 Å². The number of hydrogen-bond acceptors (Lipinski definition) is 4. The van der Waals surface area contributed by atoms with Gasteiger partial charge in [0.05, 0.1) is 12.7 Å². The molecular formula is C28H37FO3S. The molecule has 1 aliphatic carbocycles. The molecule has 0 aliphatic heterocycles. The van der Waals surface area contributed by atoms with Crippen molar-refractivity contribution in [3.8, 4) is 5.75 Å². The van der Waals surface area contributed by atoms with Crippen LogP contribution in [0, 0.1) is 23.1 Å². The second-order valence-electron chi connectivity index (χ2n) is 10.5. The van der Waals surface area contributed by atoms with Crippen LogP contribution in [0.25, 0.3) is 0 Å². The zero-order valence-electron chi connectivity index (χ0n) is 20.7. The van der Waals surface area contributed by atoms with E-state index < -0.39 is 11.4 Å². The molecular weight excluding hydrogens is 435 g/mol. The number of aliphatic hydroxyl groups is 1. The quantitative estimate of drug-likeness (QED) is 0.284. The Balaban J connectivity index is 1.94. The van der Waals surface area contributed by atoms with Crippen molar-refractivity contribution in [3.63, 3.8) is 0 Å². The van der Waals surface area contributed by atoms with Crippen molar-refractivity contribution in [1.82, 2.24) is 0 Å². The molecule has 1 fully saturated rings. The standard InChI is InChI=1S/C28H37FO3S/c1-7-19(20-9-10-20)14-18-8-12-22(25(15-18)33-17-27(2,3)28(4,5)31)26(30)21-11-13-23(29)24(16-21)32-6/h8,11-13,15-16,19-20,31H,7,9-10,14,17H2,1-6H3. The highest BCUT2D eigenvalue weighted by molar-refractivity contribution is 7.99. The lowest BCUT2D eigenvalue weighted by Gasteiger charge is -2.37. The average Bonchev–Trinajstić information content (AvgIpc) is 3.60. The van der Waals surface area contributed by atoms with Crippen LogP contribution >= 0.6 is 11.8 Å².